The van der Waals surface area contributed by atoms with Gasteiger partial charge in [0.15, 0.2) is 0 Å². The van der Waals surface area contributed by atoms with E-state index in [1.807, 2.05) is 0 Å². The van der Waals surface area contributed by atoms with Crippen LogP contribution in [0.4, 0.5) is 5.00 Å². The normalized spacial score (nSPS) is 11.4. The van der Waals surface area contributed by atoms with E-state index in [0.717, 1.165) is 11.3 Å². The van der Waals surface area contributed by atoms with Gasteiger partial charge in [-0.1, -0.05) is 11.3 Å². The summed E-state index contributed by atoms with van der Waals surface area (Å²) < 4.78 is -0.228. The van der Waals surface area contributed by atoms with E-state index < -0.39 is 9.85 Å². The lowest BCUT2D eigenvalue weighted by Gasteiger charge is -1.84. The molecule has 14 heavy (non-hydrogen) atoms. The molecular weight excluding hydrogens is 276 g/mol. The van der Waals surface area contributed by atoms with E-state index in [4.69, 9.17) is 0 Å². The topological polar surface area (TPSA) is 86.3 Å². The predicted molar refractivity (Wildman–Crippen MR) is 54.9 cm³/mol. The van der Waals surface area contributed by atoms with Gasteiger partial charge in [-0.05, 0) is 6.07 Å². The van der Waals surface area contributed by atoms with E-state index in [-0.39, 0.29) is 9.61 Å². The van der Waals surface area contributed by atoms with Crippen molar-refractivity contribution >= 4 is 38.3 Å². The Balaban J connectivity index is 2.93. The third-order valence-corrected chi connectivity index (χ3v) is 2.73. The summed E-state index contributed by atoms with van der Waals surface area (Å²) in [7, 11) is 0. The van der Waals surface area contributed by atoms with Gasteiger partial charge in [-0.2, -0.15) is 0 Å². The van der Waals surface area contributed by atoms with Crippen molar-refractivity contribution in [2.45, 2.75) is 0 Å². The standard InChI is InChI=1S/C6H3BrN2O4S/c7-5(8(10)11)3-4-1-2-6(14-4)9(12)13/h1-3H/b5-3+. The van der Waals surface area contributed by atoms with Crippen LogP contribution >= 0.6 is 27.3 Å². The molecule has 0 unspecified atom stereocenters. The van der Waals surface area contributed by atoms with E-state index in [9.17, 15) is 20.2 Å². The summed E-state index contributed by atoms with van der Waals surface area (Å²) in [6, 6.07) is 2.75. The van der Waals surface area contributed by atoms with Crippen LogP contribution in [0.1, 0.15) is 4.88 Å². The van der Waals surface area contributed by atoms with Crippen molar-refractivity contribution in [1.82, 2.24) is 0 Å². The third kappa shape index (κ3) is 2.60. The number of thiophene rings is 1. The molecule has 1 rings (SSSR count). The molecule has 0 bridgehead atoms. The average molecular weight is 279 g/mol. The summed E-state index contributed by atoms with van der Waals surface area (Å²) in [5.74, 6) is 0. The van der Waals surface area contributed by atoms with Crippen LogP contribution in [-0.4, -0.2) is 9.85 Å². The van der Waals surface area contributed by atoms with Crippen LogP contribution in [0.3, 0.4) is 0 Å². The molecule has 0 saturated carbocycles. The highest BCUT2D eigenvalue weighted by molar-refractivity contribution is 9.11. The van der Waals surface area contributed by atoms with Crippen LogP contribution < -0.4 is 0 Å². The van der Waals surface area contributed by atoms with E-state index in [1.165, 1.54) is 18.2 Å². The minimum atomic E-state index is -0.619. The van der Waals surface area contributed by atoms with Crippen LogP contribution in [0.15, 0.2) is 16.7 Å². The molecule has 0 fully saturated rings. The van der Waals surface area contributed by atoms with Crippen molar-refractivity contribution in [2.24, 2.45) is 0 Å². The second-order valence-electron chi connectivity index (χ2n) is 2.16. The fourth-order valence-electron chi connectivity index (χ4n) is 0.688. The maximum atomic E-state index is 10.3. The van der Waals surface area contributed by atoms with Gasteiger partial charge in [-0.3, -0.25) is 20.2 Å². The Bertz CT molecular complexity index is 414. The average Bonchev–Trinajstić information content (AvgIpc) is 2.52. The summed E-state index contributed by atoms with van der Waals surface area (Å²) in [4.78, 5) is 19.8. The fourth-order valence-corrected chi connectivity index (χ4v) is 1.84. The minimum Gasteiger partial charge on any atom is -0.258 e. The Morgan fingerprint density at radius 3 is 2.50 bits per heavy atom. The number of rotatable bonds is 3. The molecule has 6 nitrogen and oxygen atoms in total. The van der Waals surface area contributed by atoms with Crippen molar-refractivity contribution in [2.75, 3.05) is 0 Å². The molecule has 0 saturated heterocycles. The highest BCUT2D eigenvalue weighted by Gasteiger charge is 2.11. The van der Waals surface area contributed by atoms with Gasteiger partial charge in [0.05, 0.1) is 9.85 Å². The first kappa shape index (κ1) is 10.8. The Hall–Kier alpha value is -1.28. The molecule has 0 radical (unpaired) electrons. The molecule has 0 aliphatic rings. The molecule has 0 aliphatic carbocycles. The number of nitro groups is 2. The van der Waals surface area contributed by atoms with Gasteiger partial charge in [-0.15, -0.1) is 0 Å². The summed E-state index contributed by atoms with van der Waals surface area (Å²) in [5.41, 5.74) is 0. The first-order valence-corrected chi connectivity index (χ1v) is 4.87. The third-order valence-electron chi connectivity index (χ3n) is 1.23. The Kier molecular flexibility index (Phi) is 3.31. The van der Waals surface area contributed by atoms with Crippen molar-refractivity contribution in [1.29, 1.82) is 0 Å². The lowest BCUT2D eigenvalue weighted by atomic mass is 10.4. The highest BCUT2D eigenvalue weighted by atomic mass is 79.9. The Morgan fingerprint density at radius 1 is 1.43 bits per heavy atom. The summed E-state index contributed by atoms with van der Waals surface area (Å²) in [6.07, 6.45) is 1.22. The van der Waals surface area contributed by atoms with Crippen LogP contribution in [0.25, 0.3) is 6.08 Å². The lowest BCUT2D eigenvalue weighted by molar-refractivity contribution is -0.407. The number of hydrogen-bond donors (Lipinski definition) is 0. The van der Waals surface area contributed by atoms with E-state index >= 15 is 0 Å². The van der Waals surface area contributed by atoms with E-state index in [2.05, 4.69) is 15.9 Å². The number of nitrogens with zero attached hydrogens (tertiary/aromatic N) is 2. The van der Waals surface area contributed by atoms with Gasteiger partial charge < -0.3 is 0 Å². The van der Waals surface area contributed by atoms with E-state index in [1.54, 1.807) is 0 Å². The molecule has 0 aromatic carbocycles. The first-order chi connectivity index (χ1) is 6.50. The Morgan fingerprint density at radius 2 is 2.07 bits per heavy atom. The molecular formula is C6H3BrN2O4S. The lowest BCUT2D eigenvalue weighted by Crippen LogP contribution is -1.88. The predicted octanol–water partition coefficient (Wildman–Crippen LogP) is 2.63. The van der Waals surface area contributed by atoms with Gasteiger partial charge in [-0.25, -0.2) is 0 Å². The number of halogens is 1. The quantitative estimate of drug-likeness (QED) is 0.483. The maximum absolute atomic E-state index is 10.3. The highest BCUT2D eigenvalue weighted by Crippen LogP contribution is 2.26. The van der Waals surface area contributed by atoms with Gasteiger partial charge in [0.1, 0.15) is 0 Å². The molecule has 0 spiro atoms. The second-order valence-corrected chi connectivity index (χ2v) is 4.06. The first-order valence-electron chi connectivity index (χ1n) is 3.26. The summed E-state index contributed by atoms with van der Waals surface area (Å²) >= 11 is 3.60. The summed E-state index contributed by atoms with van der Waals surface area (Å²) in [6.45, 7) is 0. The molecule has 1 aromatic heterocycles. The SMILES string of the molecule is O=[N+]([O-])/C(Br)=C/c1ccc([N+](=O)[O-])s1. The van der Waals surface area contributed by atoms with Crippen molar-refractivity contribution in [3.8, 4) is 0 Å². The van der Waals surface area contributed by atoms with Crippen molar-refractivity contribution < 1.29 is 9.85 Å². The van der Waals surface area contributed by atoms with Crippen LogP contribution in [0.5, 0.6) is 0 Å². The van der Waals surface area contributed by atoms with E-state index in [0.29, 0.717) is 4.88 Å². The van der Waals surface area contributed by atoms with Crippen LogP contribution in [0, 0.1) is 20.2 Å². The molecule has 0 atom stereocenters. The van der Waals surface area contributed by atoms with Gasteiger partial charge in [0.2, 0.25) is 0 Å². The zero-order valence-corrected chi connectivity index (χ0v) is 8.95. The van der Waals surface area contributed by atoms with Gasteiger partial charge in [0, 0.05) is 32.9 Å². The molecule has 1 heterocycles. The largest absolute Gasteiger partial charge is 0.324 e. The Labute approximate surface area is 90.3 Å². The van der Waals surface area contributed by atoms with Crippen LogP contribution in [-0.2, 0) is 0 Å². The zero-order chi connectivity index (χ0) is 10.7. The molecule has 0 N–H and O–H groups in total. The number of hydrogen-bond acceptors (Lipinski definition) is 5. The van der Waals surface area contributed by atoms with Crippen molar-refractivity contribution in [3.63, 3.8) is 0 Å². The molecule has 8 heteroatoms. The van der Waals surface area contributed by atoms with Gasteiger partial charge >= 0.3 is 9.61 Å². The fraction of sp³-hybridized carbons (Fsp3) is 0. The smallest absolute Gasteiger partial charge is 0.258 e. The molecule has 1 aromatic rings. The molecule has 74 valence electrons. The summed E-state index contributed by atoms with van der Waals surface area (Å²) in [5, 5.41) is 20.4. The second kappa shape index (κ2) is 4.29. The van der Waals surface area contributed by atoms with Gasteiger partial charge in [0.25, 0.3) is 0 Å². The zero-order valence-electron chi connectivity index (χ0n) is 6.55. The van der Waals surface area contributed by atoms with Crippen LogP contribution in [0.2, 0.25) is 0 Å². The molecule has 0 aliphatic heterocycles. The van der Waals surface area contributed by atoms with Crippen molar-refractivity contribution in [3.05, 3.63) is 41.8 Å². The maximum Gasteiger partial charge on any atom is 0.324 e. The minimum absolute atomic E-state index is 0.0418. The monoisotopic (exact) mass is 278 g/mol. The molecule has 0 amide bonds.